The summed E-state index contributed by atoms with van der Waals surface area (Å²) in [6, 6.07) is 13.5. The summed E-state index contributed by atoms with van der Waals surface area (Å²) >= 11 is 0. The van der Waals surface area contributed by atoms with Gasteiger partial charge in [0.2, 0.25) is 15.9 Å². The predicted octanol–water partition coefficient (Wildman–Crippen LogP) is 4.78. The topological polar surface area (TPSA) is 75.7 Å². The number of sulfonamides is 1. The number of benzene rings is 2. The van der Waals surface area contributed by atoms with Crippen molar-refractivity contribution in [2.45, 2.75) is 64.8 Å². The molecule has 0 aliphatic heterocycles. The zero-order valence-electron chi connectivity index (χ0n) is 20.0. The van der Waals surface area contributed by atoms with Crippen molar-refractivity contribution in [3.63, 3.8) is 0 Å². The van der Waals surface area contributed by atoms with Crippen LogP contribution in [0, 0.1) is 0 Å². The van der Waals surface area contributed by atoms with Crippen LogP contribution in [-0.2, 0) is 27.7 Å². The fraction of sp³-hybridized carbons (Fsp3) is 0.500. The average molecular weight is 473 g/mol. The average Bonchev–Trinajstić information content (AvgIpc) is 2.80. The van der Waals surface area contributed by atoms with Crippen LogP contribution in [0.15, 0.2) is 42.5 Å². The van der Waals surface area contributed by atoms with E-state index in [1.54, 1.807) is 24.3 Å². The molecule has 33 heavy (non-hydrogen) atoms. The van der Waals surface area contributed by atoms with Gasteiger partial charge < -0.3 is 10.1 Å². The minimum Gasteiger partial charge on any atom is -0.494 e. The Balaban J connectivity index is 1.58. The molecule has 7 heteroatoms. The molecule has 0 radical (unpaired) electrons. The normalized spacial score (nSPS) is 14.3. The highest BCUT2D eigenvalue weighted by Gasteiger charge is 2.19. The van der Waals surface area contributed by atoms with Crippen molar-refractivity contribution in [2.24, 2.45) is 0 Å². The van der Waals surface area contributed by atoms with Gasteiger partial charge in [0.05, 0.1) is 24.6 Å². The van der Waals surface area contributed by atoms with E-state index < -0.39 is 10.0 Å². The minimum atomic E-state index is -3.46. The van der Waals surface area contributed by atoms with Crippen molar-refractivity contribution in [2.75, 3.05) is 23.7 Å². The van der Waals surface area contributed by atoms with E-state index in [2.05, 4.69) is 30.4 Å². The monoisotopic (exact) mass is 472 g/mol. The van der Waals surface area contributed by atoms with Gasteiger partial charge in [0.15, 0.2) is 0 Å². The van der Waals surface area contributed by atoms with Gasteiger partial charge in [0, 0.05) is 13.0 Å². The standard InChI is InChI=1S/C26H36N2O4S/c1-4-25(22-13-12-20-9-6-7-10-21(20)19-22)27-26(29)11-8-18-28(33(3,30)31)23-14-16-24(17-15-23)32-5-2/h12-17,19,25H,4-11,18H2,1-3H3,(H,27,29)/t25-/m1/s1. The molecule has 1 amide bonds. The molecular formula is C26H36N2O4S. The Bertz CT molecular complexity index is 1030. The fourth-order valence-electron chi connectivity index (χ4n) is 4.40. The number of carbonyl (C=O) groups excluding carboxylic acids is 1. The lowest BCUT2D eigenvalue weighted by Crippen LogP contribution is -2.33. The fourth-order valence-corrected chi connectivity index (χ4v) is 5.37. The largest absolute Gasteiger partial charge is 0.494 e. The molecule has 180 valence electrons. The molecule has 0 unspecified atom stereocenters. The number of aryl methyl sites for hydroxylation is 2. The molecule has 1 N–H and O–H groups in total. The van der Waals surface area contributed by atoms with Gasteiger partial charge in [-0.3, -0.25) is 9.10 Å². The van der Waals surface area contributed by atoms with Crippen LogP contribution in [0.5, 0.6) is 5.75 Å². The van der Waals surface area contributed by atoms with Crippen LogP contribution < -0.4 is 14.4 Å². The maximum atomic E-state index is 12.7. The molecule has 0 saturated heterocycles. The molecule has 0 fully saturated rings. The van der Waals surface area contributed by atoms with Crippen molar-refractivity contribution in [1.29, 1.82) is 0 Å². The van der Waals surface area contributed by atoms with E-state index in [1.807, 2.05) is 6.92 Å². The first kappa shape index (κ1) is 25.1. The molecule has 0 saturated carbocycles. The van der Waals surface area contributed by atoms with Crippen molar-refractivity contribution in [3.8, 4) is 5.75 Å². The Kier molecular flexibility index (Phi) is 8.78. The molecular weight excluding hydrogens is 436 g/mol. The quantitative estimate of drug-likeness (QED) is 0.511. The van der Waals surface area contributed by atoms with Crippen molar-refractivity contribution in [3.05, 3.63) is 59.2 Å². The van der Waals surface area contributed by atoms with Crippen molar-refractivity contribution < 1.29 is 17.9 Å². The summed E-state index contributed by atoms with van der Waals surface area (Å²) in [4.78, 5) is 12.7. The number of nitrogens with zero attached hydrogens (tertiary/aromatic N) is 1. The number of amides is 1. The first-order chi connectivity index (χ1) is 15.8. The second-order valence-electron chi connectivity index (χ2n) is 8.63. The Morgan fingerprint density at radius 3 is 2.39 bits per heavy atom. The highest BCUT2D eigenvalue weighted by atomic mass is 32.2. The van der Waals surface area contributed by atoms with Gasteiger partial charge >= 0.3 is 0 Å². The van der Waals surface area contributed by atoms with E-state index in [1.165, 1.54) is 34.5 Å². The number of rotatable bonds is 11. The van der Waals surface area contributed by atoms with Gasteiger partial charge in [0.25, 0.3) is 0 Å². The van der Waals surface area contributed by atoms with E-state index in [9.17, 15) is 13.2 Å². The zero-order chi connectivity index (χ0) is 23.8. The summed E-state index contributed by atoms with van der Waals surface area (Å²) in [5.41, 5.74) is 4.56. The number of ether oxygens (including phenoxy) is 1. The molecule has 3 rings (SSSR count). The van der Waals surface area contributed by atoms with E-state index in [0.717, 1.165) is 24.8 Å². The van der Waals surface area contributed by atoms with Crippen LogP contribution in [0.25, 0.3) is 0 Å². The first-order valence-corrected chi connectivity index (χ1v) is 13.8. The summed E-state index contributed by atoms with van der Waals surface area (Å²) in [5.74, 6) is 0.640. The van der Waals surface area contributed by atoms with Crippen LogP contribution in [0.3, 0.4) is 0 Å². The summed E-state index contributed by atoms with van der Waals surface area (Å²) in [6.07, 6.45) is 7.44. The summed E-state index contributed by atoms with van der Waals surface area (Å²) in [5, 5.41) is 3.14. The Hall–Kier alpha value is -2.54. The molecule has 1 atom stereocenters. The van der Waals surface area contributed by atoms with Crippen LogP contribution in [0.4, 0.5) is 5.69 Å². The van der Waals surface area contributed by atoms with E-state index in [0.29, 0.717) is 24.5 Å². The Labute approximate surface area is 198 Å². The van der Waals surface area contributed by atoms with Crippen LogP contribution in [0.2, 0.25) is 0 Å². The lowest BCUT2D eigenvalue weighted by Gasteiger charge is -2.23. The third-order valence-electron chi connectivity index (χ3n) is 6.12. The van der Waals surface area contributed by atoms with Gasteiger partial charge in [-0.15, -0.1) is 0 Å². The second kappa shape index (κ2) is 11.5. The van der Waals surface area contributed by atoms with E-state index >= 15 is 0 Å². The molecule has 2 aromatic rings. The second-order valence-corrected chi connectivity index (χ2v) is 10.5. The maximum Gasteiger partial charge on any atom is 0.232 e. The molecule has 0 heterocycles. The summed E-state index contributed by atoms with van der Waals surface area (Å²) in [6.45, 7) is 4.77. The Morgan fingerprint density at radius 2 is 1.76 bits per heavy atom. The minimum absolute atomic E-state index is 0.0261. The van der Waals surface area contributed by atoms with E-state index in [4.69, 9.17) is 4.74 Å². The number of nitrogens with one attached hydrogen (secondary N) is 1. The molecule has 0 bridgehead atoms. The molecule has 1 aliphatic rings. The Morgan fingerprint density at radius 1 is 1.06 bits per heavy atom. The zero-order valence-corrected chi connectivity index (χ0v) is 20.8. The number of hydrogen-bond acceptors (Lipinski definition) is 4. The highest BCUT2D eigenvalue weighted by molar-refractivity contribution is 7.92. The van der Waals surface area contributed by atoms with Crippen molar-refractivity contribution in [1.82, 2.24) is 5.32 Å². The smallest absolute Gasteiger partial charge is 0.232 e. The third kappa shape index (κ3) is 6.97. The molecule has 2 aromatic carbocycles. The number of fused-ring (bicyclic) bond motifs is 1. The van der Waals surface area contributed by atoms with Gasteiger partial charge in [-0.1, -0.05) is 25.1 Å². The molecule has 0 spiro atoms. The van der Waals surface area contributed by atoms with Crippen LogP contribution in [-0.4, -0.2) is 33.7 Å². The molecule has 6 nitrogen and oxygen atoms in total. The van der Waals surface area contributed by atoms with Gasteiger partial charge in [-0.25, -0.2) is 8.42 Å². The van der Waals surface area contributed by atoms with Crippen LogP contribution in [0.1, 0.15) is 68.7 Å². The van der Waals surface area contributed by atoms with Crippen molar-refractivity contribution >= 4 is 21.6 Å². The van der Waals surface area contributed by atoms with Gasteiger partial charge in [0.1, 0.15) is 5.75 Å². The molecule has 0 aromatic heterocycles. The van der Waals surface area contributed by atoms with Gasteiger partial charge in [-0.05, 0) is 86.4 Å². The summed E-state index contributed by atoms with van der Waals surface area (Å²) < 4.78 is 31.5. The number of anilines is 1. The summed E-state index contributed by atoms with van der Waals surface area (Å²) in [7, 11) is -3.46. The number of hydrogen-bond donors (Lipinski definition) is 1. The van der Waals surface area contributed by atoms with Gasteiger partial charge in [-0.2, -0.15) is 0 Å². The van der Waals surface area contributed by atoms with E-state index in [-0.39, 0.29) is 24.9 Å². The SMILES string of the molecule is CCOc1ccc(N(CCCC(=O)N[C@H](CC)c2ccc3c(c2)CCCC3)S(C)(=O)=O)cc1. The number of carbonyl (C=O) groups is 1. The lowest BCUT2D eigenvalue weighted by atomic mass is 9.89. The first-order valence-electron chi connectivity index (χ1n) is 11.9. The van der Waals surface area contributed by atoms with Crippen LogP contribution >= 0.6 is 0 Å². The molecule has 1 aliphatic carbocycles. The highest BCUT2D eigenvalue weighted by Crippen LogP contribution is 2.26. The third-order valence-corrected chi connectivity index (χ3v) is 7.31. The maximum absolute atomic E-state index is 12.7. The predicted molar refractivity (Wildman–Crippen MR) is 133 cm³/mol. The lowest BCUT2D eigenvalue weighted by molar-refractivity contribution is -0.121.